The number of benzene rings is 1. The van der Waals surface area contributed by atoms with E-state index in [1.54, 1.807) is 7.11 Å². The van der Waals surface area contributed by atoms with Crippen LogP contribution in [0.25, 0.3) is 0 Å². The molecule has 0 aliphatic carbocycles. The van der Waals surface area contributed by atoms with Crippen LogP contribution in [0.1, 0.15) is 44.2 Å². The number of hydrogen-bond donors (Lipinski definition) is 2. The molecule has 4 nitrogen and oxygen atoms in total. The molecule has 1 aliphatic heterocycles. The van der Waals surface area contributed by atoms with E-state index < -0.39 is 0 Å². The zero-order chi connectivity index (χ0) is 16.1. The van der Waals surface area contributed by atoms with Crippen LogP contribution in [0, 0.1) is 0 Å². The molecule has 1 saturated heterocycles. The van der Waals surface area contributed by atoms with Gasteiger partial charge in [-0.05, 0) is 36.8 Å². The number of hydrogen-bond acceptors (Lipinski definition) is 3. The maximum atomic E-state index is 12.2. The zero-order valence-electron chi connectivity index (χ0n) is 14.1. The van der Waals surface area contributed by atoms with Crippen molar-refractivity contribution in [2.45, 2.75) is 57.7 Å². The Morgan fingerprint density at radius 1 is 1.32 bits per heavy atom. The highest BCUT2D eigenvalue weighted by Crippen LogP contribution is 2.16. The zero-order valence-corrected chi connectivity index (χ0v) is 14.1. The minimum atomic E-state index is -0.129. The molecule has 0 unspecified atom stereocenters. The monoisotopic (exact) mass is 304 g/mol. The van der Waals surface area contributed by atoms with Crippen molar-refractivity contribution in [1.82, 2.24) is 10.6 Å². The summed E-state index contributed by atoms with van der Waals surface area (Å²) >= 11 is 0. The van der Waals surface area contributed by atoms with Crippen molar-refractivity contribution < 1.29 is 9.53 Å². The third-order valence-corrected chi connectivity index (χ3v) is 4.32. The fourth-order valence-electron chi connectivity index (χ4n) is 2.87. The fourth-order valence-corrected chi connectivity index (χ4v) is 2.87. The molecule has 0 saturated carbocycles. The molecule has 2 N–H and O–H groups in total. The lowest BCUT2D eigenvalue weighted by Crippen LogP contribution is -2.44. The second-order valence-corrected chi connectivity index (χ2v) is 6.56. The van der Waals surface area contributed by atoms with E-state index in [4.69, 9.17) is 4.74 Å². The van der Waals surface area contributed by atoms with Gasteiger partial charge in [-0.25, -0.2) is 0 Å². The lowest BCUT2D eigenvalue weighted by molar-refractivity contribution is -0.123. The normalized spacial score (nSPS) is 22.8. The quantitative estimate of drug-likeness (QED) is 0.847. The van der Waals surface area contributed by atoms with Gasteiger partial charge in [0.25, 0.3) is 0 Å². The predicted octanol–water partition coefficient (Wildman–Crippen LogP) is 2.23. The summed E-state index contributed by atoms with van der Waals surface area (Å²) in [5.74, 6) is 0.624. The average molecular weight is 304 g/mol. The number of ether oxygens (including phenoxy) is 1. The van der Waals surface area contributed by atoms with Crippen LogP contribution in [0.2, 0.25) is 0 Å². The van der Waals surface area contributed by atoms with Gasteiger partial charge in [0.1, 0.15) is 0 Å². The summed E-state index contributed by atoms with van der Waals surface area (Å²) in [5.41, 5.74) is 2.60. The predicted molar refractivity (Wildman–Crippen MR) is 89.0 cm³/mol. The smallest absolute Gasteiger partial charge is 0.237 e. The maximum absolute atomic E-state index is 12.2. The second-order valence-electron chi connectivity index (χ2n) is 6.56. The molecule has 1 fully saturated rings. The molecule has 2 rings (SSSR count). The van der Waals surface area contributed by atoms with Gasteiger partial charge in [-0.1, -0.05) is 38.1 Å². The van der Waals surface area contributed by atoms with E-state index in [1.807, 2.05) is 0 Å². The number of methoxy groups -OCH3 is 1. The Morgan fingerprint density at radius 2 is 2.00 bits per heavy atom. The first-order chi connectivity index (χ1) is 10.5. The third-order valence-electron chi connectivity index (χ3n) is 4.32. The summed E-state index contributed by atoms with van der Waals surface area (Å²) < 4.78 is 5.28. The van der Waals surface area contributed by atoms with Crippen LogP contribution in [-0.4, -0.2) is 37.7 Å². The second kappa shape index (κ2) is 7.75. The molecule has 122 valence electrons. The van der Waals surface area contributed by atoms with Gasteiger partial charge in [0, 0.05) is 19.7 Å². The van der Waals surface area contributed by atoms with Gasteiger partial charge in [-0.3, -0.25) is 4.79 Å². The van der Waals surface area contributed by atoms with E-state index in [1.165, 1.54) is 11.1 Å². The Hall–Kier alpha value is -1.39. The first-order valence-electron chi connectivity index (χ1n) is 8.15. The molecular weight excluding hydrogens is 276 g/mol. The van der Waals surface area contributed by atoms with Crippen LogP contribution < -0.4 is 10.6 Å². The van der Waals surface area contributed by atoms with Crippen LogP contribution in [0.3, 0.4) is 0 Å². The number of carbonyl (C=O) groups is 1. The lowest BCUT2D eigenvalue weighted by atomic mass is 9.99. The minimum Gasteiger partial charge on any atom is -0.380 e. The van der Waals surface area contributed by atoms with Gasteiger partial charge in [-0.2, -0.15) is 0 Å². The Balaban J connectivity index is 1.82. The Morgan fingerprint density at radius 3 is 2.55 bits per heavy atom. The number of carbonyl (C=O) groups excluding carboxylic acids is 1. The van der Waals surface area contributed by atoms with Crippen molar-refractivity contribution in [3.63, 3.8) is 0 Å². The number of amides is 1. The molecule has 3 atom stereocenters. The van der Waals surface area contributed by atoms with Crippen LogP contribution in [0.5, 0.6) is 0 Å². The summed E-state index contributed by atoms with van der Waals surface area (Å²) in [6.45, 7) is 7.19. The summed E-state index contributed by atoms with van der Waals surface area (Å²) in [6.07, 6.45) is 1.75. The van der Waals surface area contributed by atoms with E-state index >= 15 is 0 Å². The summed E-state index contributed by atoms with van der Waals surface area (Å²) in [6, 6.07) is 8.67. The molecular formula is C18H28N2O2. The molecule has 0 bridgehead atoms. The Kier molecular flexibility index (Phi) is 5.98. The van der Waals surface area contributed by atoms with E-state index in [9.17, 15) is 4.79 Å². The summed E-state index contributed by atoms with van der Waals surface area (Å²) in [7, 11) is 1.69. The molecule has 1 aromatic rings. The van der Waals surface area contributed by atoms with E-state index in [2.05, 4.69) is 55.7 Å². The Bertz CT molecular complexity index is 484. The van der Waals surface area contributed by atoms with Gasteiger partial charge in [0.05, 0.1) is 12.1 Å². The SMILES string of the molecule is CO[C@@H]1CN[C@@H](C(=O)N[C@H](C)Cc2ccc(C(C)C)cc2)C1. The van der Waals surface area contributed by atoms with Crippen molar-refractivity contribution in [2.75, 3.05) is 13.7 Å². The van der Waals surface area contributed by atoms with Crippen molar-refractivity contribution in [1.29, 1.82) is 0 Å². The van der Waals surface area contributed by atoms with Gasteiger partial charge in [0.2, 0.25) is 5.91 Å². The molecule has 1 heterocycles. The lowest BCUT2D eigenvalue weighted by Gasteiger charge is -2.18. The van der Waals surface area contributed by atoms with E-state index in [-0.39, 0.29) is 24.1 Å². The van der Waals surface area contributed by atoms with Crippen molar-refractivity contribution in [3.8, 4) is 0 Å². The van der Waals surface area contributed by atoms with Crippen molar-refractivity contribution >= 4 is 5.91 Å². The molecule has 4 heteroatoms. The summed E-state index contributed by atoms with van der Waals surface area (Å²) in [4.78, 5) is 12.2. The largest absolute Gasteiger partial charge is 0.380 e. The van der Waals surface area contributed by atoms with Crippen LogP contribution in [-0.2, 0) is 16.0 Å². The highest BCUT2D eigenvalue weighted by molar-refractivity contribution is 5.82. The van der Waals surface area contributed by atoms with Crippen molar-refractivity contribution in [3.05, 3.63) is 35.4 Å². The van der Waals surface area contributed by atoms with Gasteiger partial charge in [-0.15, -0.1) is 0 Å². The van der Waals surface area contributed by atoms with E-state index in [0.717, 1.165) is 19.4 Å². The molecule has 1 aromatic carbocycles. The molecule has 0 aromatic heterocycles. The maximum Gasteiger partial charge on any atom is 0.237 e. The number of rotatable bonds is 6. The molecule has 22 heavy (non-hydrogen) atoms. The van der Waals surface area contributed by atoms with Crippen LogP contribution in [0.15, 0.2) is 24.3 Å². The average Bonchev–Trinajstić information content (AvgIpc) is 2.96. The van der Waals surface area contributed by atoms with E-state index in [0.29, 0.717) is 5.92 Å². The van der Waals surface area contributed by atoms with Gasteiger partial charge in [0.15, 0.2) is 0 Å². The van der Waals surface area contributed by atoms with Crippen LogP contribution in [0.4, 0.5) is 0 Å². The van der Waals surface area contributed by atoms with Crippen LogP contribution >= 0.6 is 0 Å². The highest BCUT2D eigenvalue weighted by atomic mass is 16.5. The highest BCUT2D eigenvalue weighted by Gasteiger charge is 2.29. The molecule has 0 radical (unpaired) electrons. The van der Waals surface area contributed by atoms with Gasteiger partial charge >= 0.3 is 0 Å². The van der Waals surface area contributed by atoms with Crippen molar-refractivity contribution in [2.24, 2.45) is 0 Å². The minimum absolute atomic E-state index is 0.0749. The number of nitrogens with one attached hydrogen (secondary N) is 2. The standard InChI is InChI=1S/C18H28N2O2/c1-12(2)15-7-5-14(6-8-15)9-13(3)20-18(21)17-10-16(22-4)11-19-17/h5-8,12-13,16-17,19H,9-11H2,1-4H3,(H,20,21)/t13-,16+,17-/m1/s1. The Labute approximate surface area is 133 Å². The molecule has 1 aliphatic rings. The topological polar surface area (TPSA) is 50.4 Å². The summed E-state index contributed by atoms with van der Waals surface area (Å²) in [5, 5.41) is 6.30. The third kappa shape index (κ3) is 4.55. The fraction of sp³-hybridized carbons (Fsp3) is 0.611. The van der Waals surface area contributed by atoms with Gasteiger partial charge < -0.3 is 15.4 Å². The first kappa shape index (κ1) is 17.0. The first-order valence-corrected chi connectivity index (χ1v) is 8.15. The molecule has 1 amide bonds. The molecule has 0 spiro atoms.